The van der Waals surface area contributed by atoms with Gasteiger partial charge in [-0.2, -0.15) is 0 Å². The van der Waals surface area contributed by atoms with E-state index in [1.54, 1.807) is 9.47 Å². The quantitative estimate of drug-likeness (QED) is 0.373. The molecular weight excluding hydrogens is 519 g/mol. The molecule has 226 valence electrons. The van der Waals surface area contributed by atoms with E-state index >= 15 is 0 Å². The molecule has 0 aliphatic carbocycles. The molecule has 2 saturated heterocycles. The Bertz CT molecular complexity index is 1290. The number of amides is 1. The number of hydrogen-bond acceptors (Lipinski definition) is 6. The van der Waals surface area contributed by atoms with Gasteiger partial charge < -0.3 is 23.7 Å². The summed E-state index contributed by atoms with van der Waals surface area (Å²) in [5, 5.41) is 1.00. The lowest BCUT2D eigenvalue weighted by Crippen LogP contribution is -2.44. The number of piperidine rings is 1. The normalized spacial score (nSPS) is 19.7. The minimum absolute atomic E-state index is 0.0967. The maximum absolute atomic E-state index is 13.8. The molecule has 2 aliphatic rings. The second kappa shape index (κ2) is 10.6. The third-order valence-electron chi connectivity index (χ3n) is 8.32. The summed E-state index contributed by atoms with van der Waals surface area (Å²) in [5.74, 6) is 0.391. The van der Waals surface area contributed by atoms with Crippen LogP contribution in [-0.4, -0.2) is 64.3 Å². The third-order valence-corrected chi connectivity index (χ3v) is 8.32. The van der Waals surface area contributed by atoms with E-state index in [4.69, 9.17) is 18.8 Å². The lowest BCUT2D eigenvalue weighted by molar-refractivity contribution is 0.00578. The Balaban J connectivity index is 1.76. The topological polar surface area (TPSA) is 79.2 Å². The first kappa shape index (κ1) is 31.4. The zero-order valence-electron chi connectivity index (χ0n) is 27.1. The molecule has 4 rings (SSSR count). The van der Waals surface area contributed by atoms with Crippen molar-refractivity contribution in [2.45, 2.75) is 130 Å². The third kappa shape index (κ3) is 6.46. The van der Waals surface area contributed by atoms with Crippen LogP contribution in [0.5, 0.6) is 0 Å². The largest absolute Gasteiger partial charge is 0.513 e. The lowest BCUT2D eigenvalue weighted by Gasteiger charge is -2.33. The second-order valence-corrected chi connectivity index (χ2v) is 14.9. The average molecular weight is 569 g/mol. The summed E-state index contributed by atoms with van der Waals surface area (Å²) in [6.45, 7) is 24.9. The Morgan fingerprint density at radius 3 is 1.90 bits per heavy atom. The van der Waals surface area contributed by atoms with Crippen molar-refractivity contribution in [1.82, 2.24) is 9.47 Å². The Morgan fingerprint density at radius 1 is 0.902 bits per heavy atom. The molecule has 2 aliphatic heterocycles. The maximum Gasteiger partial charge on any atom is 0.513 e. The van der Waals surface area contributed by atoms with Crippen molar-refractivity contribution < 1.29 is 28.4 Å². The molecule has 0 unspecified atom stereocenters. The first-order valence-electron chi connectivity index (χ1n) is 15.0. The number of carbonyl (C=O) groups excluding carboxylic acids is 2. The first-order chi connectivity index (χ1) is 18.7. The predicted molar refractivity (Wildman–Crippen MR) is 163 cm³/mol. The highest BCUT2D eigenvalue weighted by molar-refractivity contribution is 6.63. The summed E-state index contributed by atoms with van der Waals surface area (Å²) in [6.07, 6.45) is 0.990. The van der Waals surface area contributed by atoms with E-state index in [0.717, 1.165) is 29.3 Å². The van der Waals surface area contributed by atoms with E-state index in [1.165, 1.54) is 5.56 Å². The van der Waals surface area contributed by atoms with Gasteiger partial charge in [0.1, 0.15) is 11.2 Å². The molecule has 1 amide bonds. The van der Waals surface area contributed by atoms with Gasteiger partial charge in [0.25, 0.3) is 0 Å². The number of hydrogen-bond donors (Lipinski definition) is 0. The average Bonchev–Trinajstić information content (AvgIpc) is 3.26. The molecule has 1 aromatic carbocycles. The van der Waals surface area contributed by atoms with Crippen LogP contribution in [0, 0.1) is 0 Å². The monoisotopic (exact) mass is 568 g/mol. The smallest absolute Gasteiger partial charge is 0.444 e. The molecule has 2 fully saturated rings. The van der Waals surface area contributed by atoms with Crippen LogP contribution in [0.25, 0.3) is 10.9 Å². The van der Waals surface area contributed by atoms with Crippen LogP contribution >= 0.6 is 0 Å². The molecule has 3 heterocycles. The van der Waals surface area contributed by atoms with Crippen LogP contribution in [0.1, 0.15) is 119 Å². The number of carbonyl (C=O) groups is 2. The highest BCUT2D eigenvalue weighted by Crippen LogP contribution is 2.39. The van der Waals surface area contributed by atoms with Crippen molar-refractivity contribution in [3.8, 4) is 0 Å². The van der Waals surface area contributed by atoms with E-state index in [2.05, 4.69) is 26.0 Å². The van der Waals surface area contributed by atoms with Crippen molar-refractivity contribution >= 4 is 35.8 Å². The van der Waals surface area contributed by atoms with Crippen LogP contribution in [0.15, 0.2) is 18.2 Å². The summed E-state index contributed by atoms with van der Waals surface area (Å²) in [6, 6.07) is 6.35. The Kier molecular flexibility index (Phi) is 8.15. The van der Waals surface area contributed by atoms with Crippen molar-refractivity contribution in [2.75, 3.05) is 13.1 Å². The van der Waals surface area contributed by atoms with Crippen LogP contribution in [0.2, 0.25) is 0 Å². The molecule has 41 heavy (non-hydrogen) atoms. The standard InChI is InChI=1S/C32H49BN2O6/c1-20(2)25-23-19-22(21-15-17-34(18-16-21)27(36)38-29(3,4)5)13-14-24(23)35(28(37)39-30(6,7)8)26(25)33-40-31(9,10)32(11,12)41-33/h13-14,19-21H,15-18H2,1-12H3. The fourth-order valence-electron chi connectivity index (χ4n) is 5.63. The van der Waals surface area contributed by atoms with Gasteiger partial charge in [-0.05, 0) is 117 Å². The lowest BCUT2D eigenvalue weighted by atomic mass is 9.78. The van der Waals surface area contributed by atoms with Gasteiger partial charge in [-0.1, -0.05) is 19.9 Å². The van der Waals surface area contributed by atoms with E-state index in [9.17, 15) is 9.59 Å². The zero-order valence-corrected chi connectivity index (χ0v) is 27.1. The van der Waals surface area contributed by atoms with Crippen LogP contribution in [0.3, 0.4) is 0 Å². The fraction of sp³-hybridized carbons (Fsp3) is 0.688. The molecule has 0 N–H and O–H groups in total. The first-order valence-corrected chi connectivity index (χ1v) is 15.0. The van der Waals surface area contributed by atoms with Gasteiger partial charge in [0.15, 0.2) is 0 Å². The number of fused-ring (bicyclic) bond motifs is 1. The minimum Gasteiger partial charge on any atom is -0.444 e. The van der Waals surface area contributed by atoms with E-state index in [-0.39, 0.29) is 12.0 Å². The van der Waals surface area contributed by atoms with Crippen molar-refractivity contribution in [3.05, 3.63) is 29.3 Å². The van der Waals surface area contributed by atoms with Gasteiger partial charge in [0, 0.05) is 18.5 Å². The van der Waals surface area contributed by atoms with Crippen molar-refractivity contribution in [1.29, 1.82) is 0 Å². The summed E-state index contributed by atoms with van der Waals surface area (Å²) < 4.78 is 26.2. The molecule has 2 aromatic rings. The van der Waals surface area contributed by atoms with Crippen LogP contribution in [0.4, 0.5) is 9.59 Å². The van der Waals surface area contributed by atoms with E-state index in [1.807, 2.05) is 75.3 Å². The number of likely N-dealkylation sites (tertiary alicyclic amines) is 1. The molecule has 0 radical (unpaired) electrons. The molecule has 9 heteroatoms. The molecular formula is C32H49BN2O6. The minimum atomic E-state index is -0.724. The fourth-order valence-corrected chi connectivity index (χ4v) is 5.63. The number of rotatable bonds is 3. The number of aromatic nitrogens is 1. The van der Waals surface area contributed by atoms with E-state index < -0.39 is 35.6 Å². The molecule has 0 spiro atoms. The summed E-state index contributed by atoms with van der Waals surface area (Å²) >= 11 is 0. The van der Waals surface area contributed by atoms with Gasteiger partial charge >= 0.3 is 19.3 Å². The highest BCUT2D eigenvalue weighted by atomic mass is 16.7. The second-order valence-electron chi connectivity index (χ2n) is 14.9. The summed E-state index contributed by atoms with van der Waals surface area (Å²) in [7, 11) is -0.724. The highest BCUT2D eigenvalue weighted by Gasteiger charge is 2.54. The Hall–Kier alpha value is -2.52. The van der Waals surface area contributed by atoms with Gasteiger partial charge in [-0.3, -0.25) is 4.57 Å². The van der Waals surface area contributed by atoms with Gasteiger partial charge in [0.2, 0.25) is 0 Å². The molecule has 1 aromatic heterocycles. The molecule has 0 atom stereocenters. The maximum atomic E-state index is 13.8. The SMILES string of the molecule is CC(C)c1c(B2OC(C)(C)C(C)(C)O2)n(C(=O)OC(C)(C)C)c2ccc(C3CCN(C(=O)OC(C)(C)C)CC3)cc12. The molecule has 0 saturated carbocycles. The molecule has 8 nitrogen and oxygen atoms in total. The number of benzene rings is 1. The summed E-state index contributed by atoms with van der Waals surface area (Å²) in [5.41, 5.74) is 1.40. The van der Waals surface area contributed by atoms with Gasteiger partial charge in [-0.15, -0.1) is 0 Å². The predicted octanol–water partition coefficient (Wildman–Crippen LogP) is 6.96. The van der Waals surface area contributed by atoms with Gasteiger partial charge in [0.05, 0.1) is 22.3 Å². The van der Waals surface area contributed by atoms with Crippen molar-refractivity contribution in [2.24, 2.45) is 0 Å². The number of nitrogens with zero attached hydrogens (tertiary/aromatic N) is 2. The van der Waals surface area contributed by atoms with Crippen molar-refractivity contribution in [3.63, 3.8) is 0 Å². The summed E-state index contributed by atoms with van der Waals surface area (Å²) in [4.78, 5) is 28.2. The van der Waals surface area contributed by atoms with Crippen LogP contribution < -0.4 is 5.59 Å². The number of ether oxygens (including phenoxy) is 2. The molecule has 0 bridgehead atoms. The Morgan fingerprint density at radius 2 is 1.41 bits per heavy atom. The van der Waals surface area contributed by atoms with E-state index in [0.29, 0.717) is 24.6 Å². The van der Waals surface area contributed by atoms with Gasteiger partial charge in [-0.25, -0.2) is 9.59 Å². The van der Waals surface area contributed by atoms with Crippen LogP contribution in [-0.2, 0) is 18.8 Å². The zero-order chi connectivity index (χ0) is 30.7. The Labute approximate surface area is 246 Å².